The van der Waals surface area contributed by atoms with E-state index in [0.717, 1.165) is 25.0 Å². The van der Waals surface area contributed by atoms with E-state index in [1.54, 1.807) is 0 Å². The maximum atomic E-state index is 10.9. The minimum atomic E-state index is -0.216. The predicted molar refractivity (Wildman–Crippen MR) is 53.7 cm³/mol. The number of rotatable bonds is 2. The van der Waals surface area contributed by atoms with Gasteiger partial charge in [0, 0.05) is 18.3 Å². The third-order valence-electron chi connectivity index (χ3n) is 2.78. The van der Waals surface area contributed by atoms with Gasteiger partial charge in [0.2, 0.25) is 5.91 Å². The number of nitrogens with two attached hydrogens (primary N) is 1. The maximum absolute atomic E-state index is 10.9. The number of primary amides is 1. The van der Waals surface area contributed by atoms with Gasteiger partial charge in [-0.05, 0) is 36.8 Å². The Morgan fingerprint density at radius 2 is 2.50 bits per heavy atom. The van der Waals surface area contributed by atoms with E-state index in [1.165, 1.54) is 5.56 Å². The third-order valence-corrected chi connectivity index (χ3v) is 2.78. The van der Waals surface area contributed by atoms with Crippen LogP contribution in [-0.4, -0.2) is 10.9 Å². The monoisotopic (exact) mass is 190 g/mol. The zero-order chi connectivity index (χ0) is 9.97. The molecule has 3 heteroatoms. The van der Waals surface area contributed by atoms with E-state index >= 15 is 0 Å². The van der Waals surface area contributed by atoms with Crippen LogP contribution in [0.3, 0.4) is 0 Å². The highest BCUT2D eigenvalue weighted by Gasteiger charge is 2.21. The molecule has 1 aliphatic carbocycles. The highest BCUT2D eigenvalue weighted by molar-refractivity contribution is 5.74. The van der Waals surface area contributed by atoms with Crippen LogP contribution >= 0.6 is 0 Å². The van der Waals surface area contributed by atoms with Crippen molar-refractivity contribution in [3.63, 3.8) is 0 Å². The Bertz CT molecular complexity index is 349. The minimum Gasteiger partial charge on any atom is -0.370 e. The second-order valence-corrected chi connectivity index (χ2v) is 3.80. The highest BCUT2D eigenvalue weighted by atomic mass is 16.1. The fourth-order valence-corrected chi connectivity index (χ4v) is 2.16. The standard InChI is InChI=1S/C11H14N2O/c12-11(14)7-8-3-1-5-10-9(8)4-2-6-13-10/h2,4,6,8H,1,3,5,7H2,(H2,12,14). The van der Waals surface area contributed by atoms with Gasteiger partial charge in [0.15, 0.2) is 0 Å². The summed E-state index contributed by atoms with van der Waals surface area (Å²) >= 11 is 0. The van der Waals surface area contributed by atoms with Crippen molar-refractivity contribution in [2.75, 3.05) is 0 Å². The van der Waals surface area contributed by atoms with E-state index in [-0.39, 0.29) is 5.91 Å². The van der Waals surface area contributed by atoms with Crippen LogP contribution in [0.4, 0.5) is 0 Å². The quantitative estimate of drug-likeness (QED) is 0.765. The van der Waals surface area contributed by atoms with Gasteiger partial charge in [0.1, 0.15) is 0 Å². The van der Waals surface area contributed by atoms with Crippen molar-refractivity contribution in [3.8, 4) is 0 Å². The Hall–Kier alpha value is -1.38. The first kappa shape index (κ1) is 9.19. The molecule has 1 aromatic heterocycles. The van der Waals surface area contributed by atoms with Gasteiger partial charge in [-0.25, -0.2) is 0 Å². The van der Waals surface area contributed by atoms with E-state index in [2.05, 4.69) is 11.1 Å². The van der Waals surface area contributed by atoms with Gasteiger partial charge in [0.05, 0.1) is 0 Å². The summed E-state index contributed by atoms with van der Waals surface area (Å²) in [5, 5.41) is 0. The zero-order valence-electron chi connectivity index (χ0n) is 8.07. The first-order valence-electron chi connectivity index (χ1n) is 4.99. The molecular formula is C11H14N2O. The van der Waals surface area contributed by atoms with Crippen LogP contribution in [0, 0.1) is 0 Å². The number of nitrogens with zero attached hydrogens (tertiary/aromatic N) is 1. The number of hydrogen-bond acceptors (Lipinski definition) is 2. The number of aromatic nitrogens is 1. The number of pyridine rings is 1. The Balaban J connectivity index is 2.26. The Morgan fingerprint density at radius 1 is 1.64 bits per heavy atom. The smallest absolute Gasteiger partial charge is 0.218 e. The summed E-state index contributed by atoms with van der Waals surface area (Å²) in [5.41, 5.74) is 7.58. The molecule has 0 fully saturated rings. The molecule has 0 saturated carbocycles. The third kappa shape index (κ3) is 1.76. The zero-order valence-corrected chi connectivity index (χ0v) is 8.07. The maximum Gasteiger partial charge on any atom is 0.218 e. The lowest BCUT2D eigenvalue weighted by molar-refractivity contribution is -0.118. The van der Waals surface area contributed by atoms with Gasteiger partial charge < -0.3 is 5.73 Å². The number of amides is 1. The van der Waals surface area contributed by atoms with Gasteiger partial charge >= 0.3 is 0 Å². The Kier molecular flexibility index (Phi) is 2.48. The molecule has 0 aromatic carbocycles. The first-order chi connectivity index (χ1) is 6.77. The lowest BCUT2D eigenvalue weighted by atomic mass is 9.83. The average molecular weight is 190 g/mol. The molecular weight excluding hydrogens is 176 g/mol. The number of hydrogen-bond donors (Lipinski definition) is 1. The lowest BCUT2D eigenvalue weighted by Crippen LogP contribution is -2.19. The van der Waals surface area contributed by atoms with Crippen LogP contribution in [0.1, 0.15) is 36.4 Å². The second-order valence-electron chi connectivity index (χ2n) is 3.80. The van der Waals surface area contributed by atoms with Gasteiger partial charge in [-0.1, -0.05) is 6.07 Å². The molecule has 1 aromatic rings. The van der Waals surface area contributed by atoms with Crippen LogP contribution in [0.2, 0.25) is 0 Å². The van der Waals surface area contributed by atoms with Crippen LogP contribution in [0.15, 0.2) is 18.3 Å². The minimum absolute atomic E-state index is 0.216. The molecule has 1 amide bonds. The lowest BCUT2D eigenvalue weighted by Gasteiger charge is -2.23. The first-order valence-corrected chi connectivity index (χ1v) is 4.99. The summed E-state index contributed by atoms with van der Waals surface area (Å²) in [6.07, 6.45) is 5.47. The number of carbonyl (C=O) groups is 1. The van der Waals surface area contributed by atoms with E-state index in [0.29, 0.717) is 12.3 Å². The SMILES string of the molecule is NC(=O)CC1CCCc2ncccc21. The average Bonchev–Trinajstić information content (AvgIpc) is 2.18. The van der Waals surface area contributed by atoms with Gasteiger partial charge in [-0.15, -0.1) is 0 Å². The summed E-state index contributed by atoms with van der Waals surface area (Å²) in [6, 6.07) is 3.99. The summed E-state index contributed by atoms with van der Waals surface area (Å²) in [5.74, 6) is 0.0802. The molecule has 2 N–H and O–H groups in total. The predicted octanol–water partition coefficient (Wildman–Crippen LogP) is 1.38. The van der Waals surface area contributed by atoms with Gasteiger partial charge in [-0.2, -0.15) is 0 Å². The van der Waals surface area contributed by atoms with Gasteiger partial charge in [0.25, 0.3) is 0 Å². The Morgan fingerprint density at radius 3 is 3.29 bits per heavy atom. The van der Waals surface area contributed by atoms with Gasteiger partial charge in [-0.3, -0.25) is 9.78 Å². The van der Waals surface area contributed by atoms with E-state index in [1.807, 2.05) is 12.3 Å². The van der Waals surface area contributed by atoms with Crippen molar-refractivity contribution >= 4 is 5.91 Å². The molecule has 0 saturated heterocycles. The molecule has 74 valence electrons. The fraction of sp³-hybridized carbons (Fsp3) is 0.455. The normalized spacial score (nSPS) is 20.1. The van der Waals surface area contributed by atoms with E-state index in [4.69, 9.17) is 5.73 Å². The molecule has 0 aliphatic heterocycles. The molecule has 3 nitrogen and oxygen atoms in total. The van der Waals surface area contributed by atoms with Crippen LogP contribution in [-0.2, 0) is 11.2 Å². The highest BCUT2D eigenvalue weighted by Crippen LogP contribution is 2.32. The van der Waals surface area contributed by atoms with Crippen molar-refractivity contribution in [3.05, 3.63) is 29.6 Å². The molecule has 1 atom stereocenters. The number of fused-ring (bicyclic) bond motifs is 1. The fourth-order valence-electron chi connectivity index (χ4n) is 2.16. The molecule has 14 heavy (non-hydrogen) atoms. The van der Waals surface area contributed by atoms with Crippen LogP contribution in [0.5, 0.6) is 0 Å². The van der Waals surface area contributed by atoms with Crippen molar-refractivity contribution in [2.24, 2.45) is 5.73 Å². The van der Waals surface area contributed by atoms with Crippen LogP contribution < -0.4 is 5.73 Å². The Labute approximate surface area is 83.3 Å². The summed E-state index contributed by atoms with van der Waals surface area (Å²) in [7, 11) is 0. The van der Waals surface area contributed by atoms with Crippen molar-refractivity contribution in [1.82, 2.24) is 4.98 Å². The largest absolute Gasteiger partial charge is 0.370 e. The number of aryl methyl sites for hydroxylation is 1. The molecule has 0 bridgehead atoms. The summed E-state index contributed by atoms with van der Waals surface area (Å²) in [4.78, 5) is 15.2. The van der Waals surface area contributed by atoms with E-state index in [9.17, 15) is 4.79 Å². The summed E-state index contributed by atoms with van der Waals surface area (Å²) in [6.45, 7) is 0. The van der Waals surface area contributed by atoms with Crippen molar-refractivity contribution in [2.45, 2.75) is 31.6 Å². The molecule has 0 radical (unpaired) electrons. The molecule has 1 aliphatic rings. The molecule has 0 spiro atoms. The van der Waals surface area contributed by atoms with Crippen molar-refractivity contribution < 1.29 is 4.79 Å². The topological polar surface area (TPSA) is 56.0 Å². The number of carbonyl (C=O) groups excluding carboxylic acids is 1. The molecule has 1 heterocycles. The van der Waals surface area contributed by atoms with Crippen molar-refractivity contribution in [1.29, 1.82) is 0 Å². The van der Waals surface area contributed by atoms with E-state index < -0.39 is 0 Å². The summed E-state index contributed by atoms with van der Waals surface area (Å²) < 4.78 is 0. The molecule has 2 rings (SSSR count). The second kappa shape index (κ2) is 3.78. The molecule has 1 unspecified atom stereocenters. The van der Waals surface area contributed by atoms with Crippen LogP contribution in [0.25, 0.3) is 0 Å².